The van der Waals surface area contributed by atoms with Gasteiger partial charge in [0.25, 0.3) is 0 Å². The second-order valence-electron chi connectivity index (χ2n) is 4.65. The summed E-state index contributed by atoms with van der Waals surface area (Å²) in [6.07, 6.45) is -3.62. The number of nitrogens with one attached hydrogen (secondary N) is 1. The van der Waals surface area contributed by atoms with Crippen molar-refractivity contribution in [3.8, 4) is 11.1 Å². The van der Waals surface area contributed by atoms with Crippen LogP contribution in [0.3, 0.4) is 0 Å². The Morgan fingerprint density at radius 2 is 1.73 bits per heavy atom. The van der Waals surface area contributed by atoms with Gasteiger partial charge in [-0.15, -0.1) is 0 Å². The summed E-state index contributed by atoms with van der Waals surface area (Å²) in [7, 11) is -3.56. The van der Waals surface area contributed by atoms with E-state index in [2.05, 4.69) is 4.72 Å². The van der Waals surface area contributed by atoms with Crippen LogP contribution in [0.25, 0.3) is 11.1 Å². The quantitative estimate of drug-likeness (QED) is 0.867. The maximum Gasteiger partial charge on any atom is 0.416 e. The van der Waals surface area contributed by atoms with Gasteiger partial charge in [0.05, 0.1) is 17.5 Å². The van der Waals surface area contributed by atoms with Crippen LogP contribution in [-0.2, 0) is 16.2 Å². The lowest BCUT2D eigenvalue weighted by molar-refractivity contribution is -0.137. The van der Waals surface area contributed by atoms with E-state index in [1.54, 1.807) is 0 Å². The number of halogens is 4. The molecule has 0 aromatic heterocycles. The van der Waals surface area contributed by atoms with E-state index in [4.69, 9.17) is 0 Å². The average molecular weight is 333 g/mol. The van der Waals surface area contributed by atoms with E-state index in [-0.39, 0.29) is 16.8 Å². The second kappa shape index (κ2) is 5.60. The van der Waals surface area contributed by atoms with Crippen LogP contribution in [0.15, 0.2) is 42.5 Å². The second-order valence-corrected chi connectivity index (χ2v) is 6.40. The van der Waals surface area contributed by atoms with Crippen molar-refractivity contribution in [1.29, 1.82) is 0 Å². The van der Waals surface area contributed by atoms with Gasteiger partial charge in [0, 0.05) is 5.56 Å². The fourth-order valence-corrected chi connectivity index (χ4v) is 2.44. The van der Waals surface area contributed by atoms with Crippen LogP contribution in [0.4, 0.5) is 23.2 Å². The van der Waals surface area contributed by atoms with Gasteiger partial charge in [-0.25, -0.2) is 12.8 Å². The molecule has 0 bridgehead atoms. The summed E-state index contributed by atoms with van der Waals surface area (Å²) in [6, 6.07) is 7.66. The van der Waals surface area contributed by atoms with Crippen molar-refractivity contribution < 1.29 is 26.0 Å². The van der Waals surface area contributed by atoms with Crippen molar-refractivity contribution in [3.63, 3.8) is 0 Å². The third-order valence-corrected chi connectivity index (χ3v) is 3.38. The Morgan fingerprint density at radius 1 is 1.05 bits per heavy atom. The SMILES string of the molecule is CS(=O)(=O)Nc1ccc(-c2cccc(C(F)(F)F)c2)c(F)c1. The molecule has 3 nitrogen and oxygen atoms in total. The van der Waals surface area contributed by atoms with Gasteiger partial charge >= 0.3 is 6.18 Å². The Bertz CT molecular complexity index is 801. The summed E-state index contributed by atoms with van der Waals surface area (Å²) >= 11 is 0. The number of rotatable bonds is 3. The van der Waals surface area contributed by atoms with Gasteiger partial charge in [-0.2, -0.15) is 13.2 Å². The lowest BCUT2D eigenvalue weighted by Gasteiger charge is -2.10. The third-order valence-electron chi connectivity index (χ3n) is 2.77. The lowest BCUT2D eigenvalue weighted by Crippen LogP contribution is -2.09. The number of sulfonamides is 1. The van der Waals surface area contributed by atoms with E-state index in [0.717, 1.165) is 24.5 Å². The van der Waals surface area contributed by atoms with E-state index in [9.17, 15) is 26.0 Å². The van der Waals surface area contributed by atoms with Gasteiger partial charge < -0.3 is 0 Å². The highest BCUT2D eigenvalue weighted by molar-refractivity contribution is 7.92. The standard InChI is InChI=1S/C14H11F4NO2S/c1-22(20,21)19-11-5-6-12(13(15)8-11)9-3-2-4-10(7-9)14(16,17)18/h2-8,19H,1H3. The molecule has 22 heavy (non-hydrogen) atoms. The molecule has 0 aliphatic carbocycles. The molecule has 0 fully saturated rings. The molecule has 2 aromatic rings. The molecule has 0 atom stereocenters. The van der Waals surface area contributed by atoms with Crippen molar-refractivity contribution in [2.45, 2.75) is 6.18 Å². The first-order valence-corrected chi connectivity index (χ1v) is 7.90. The number of anilines is 1. The fourth-order valence-electron chi connectivity index (χ4n) is 1.89. The van der Waals surface area contributed by atoms with Crippen molar-refractivity contribution in [1.82, 2.24) is 0 Å². The maximum atomic E-state index is 14.0. The highest BCUT2D eigenvalue weighted by Gasteiger charge is 2.30. The van der Waals surface area contributed by atoms with Crippen LogP contribution in [-0.4, -0.2) is 14.7 Å². The smallest absolute Gasteiger partial charge is 0.284 e. The Labute approximate surface area is 124 Å². The molecule has 1 N–H and O–H groups in total. The summed E-state index contributed by atoms with van der Waals surface area (Å²) in [5.41, 5.74) is -0.887. The van der Waals surface area contributed by atoms with Crippen LogP contribution in [0.5, 0.6) is 0 Å². The van der Waals surface area contributed by atoms with Gasteiger partial charge in [0.2, 0.25) is 10.0 Å². The summed E-state index contributed by atoms with van der Waals surface area (Å²) in [5.74, 6) is -0.826. The molecule has 2 aromatic carbocycles. The molecule has 0 heterocycles. The zero-order valence-electron chi connectivity index (χ0n) is 11.3. The summed E-state index contributed by atoms with van der Waals surface area (Å²) < 4.78 is 76.2. The minimum Gasteiger partial charge on any atom is -0.284 e. The lowest BCUT2D eigenvalue weighted by atomic mass is 10.0. The van der Waals surface area contributed by atoms with Gasteiger partial charge in [0.1, 0.15) is 5.82 Å². The predicted molar refractivity (Wildman–Crippen MR) is 75.3 cm³/mol. The average Bonchev–Trinajstić information content (AvgIpc) is 2.36. The fraction of sp³-hybridized carbons (Fsp3) is 0.143. The summed E-state index contributed by atoms with van der Waals surface area (Å²) in [5, 5.41) is 0. The molecule has 0 saturated carbocycles. The van der Waals surface area contributed by atoms with Crippen molar-refractivity contribution in [3.05, 3.63) is 53.8 Å². The Balaban J connectivity index is 2.42. The summed E-state index contributed by atoms with van der Waals surface area (Å²) in [6.45, 7) is 0. The monoisotopic (exact) mass is 333 g/mol. The molecular weight excluding hydrogens is 322 g/mol. The van der Waals surface area contributed by atoms with Gasteiger partial charge in [-0.05, 0) is 35.9 Å². The Kier molecular flexibility index (Phi) is 4.15. The van der Waals surface area contributed by atoms with Crippen LogP contribution in [0.1, 0.15) is 5.56 Å². The zero-order valence-corrected chi connectivity index (χ0v) is 12.1. The molecule has 0 radical (unpaired) electrons. The van der Waals surface area contributed by atoms with Gasteiger partial charge in [0.15, 0.2) is 0 Å². The van der Waals surface area contributed by atoms with Gasteiger partial charge in [-0.1, -0.05) is 12.1 Å². The first kappa shape index (κ1) is 16.3. The summed E-state index contributed by atoms with van der Waals surface area (Å²) in [4.78, 5) is 0. The predicted octanol–water partition coefficient (Wildman–Crippen LogP) is 3.88. The molecule has 0 saturated heterocycles. The van der Waals surface area contributed by atoms with Crippen LogP contribution >= 0.6 is 0 Å². The van der Waals surface area contributed by atoms with Crippen LogP contribution in [0, 0.1) is 5.82 Å². The van der Waals surface area contributed by atoms with Crippen molar-refractivity contribution in [2.24, 2.45) is 0 Å². The first-order valence-electron chi connectivity index (χ1n) is 6.01. The molecule has 0 unspecified atom stereocenters. The number of hydrogen-bond donors (Lipinski definition) is 1. The molecule has 8 heteroatoms. The topological polar surface area (TPSA) is 46.2 Å². The molecule has 0 aliphatic rings. The van der Waals surface area contributed by atoms with Gasteiger partial charge in [-0.3, -0.25) is 4.72 Å². The normalized spacial score (nSPS) is 12.2. The Hall–Kier alpha value is -2.09. The zero-order chi connectivity index (χ0) is 16.5. The minimum absolute atomic E-state index is 0.00396. The molecule has 0 aliphatic heterocycles. The van der Waals surface area contributed by atoms with E-state index >= 15 is 0 Å². The molecule has 0 amide bonds. The van der Waals surface area contributed by atoms with E-state index < -0.39 is 27.6 Å². The van der Waals surface area contributed by atoms with Crippen molar-refractivity contribution in [2.75, 3.05) is 11.0 Å². The third kappa shape index (κ3) is 3.97. The van der Waals surface area contributed by atoms with E-state index in [0.29, 0.717) is 0 Å². The highest BCUT2D eigenvalue weighted by atomic mass is 32.2. The Morgan fingerprint density at radius 3 is 2.27 bits per heavy atom. The van der Waals surface area contributed by atoms with Crippen molar-refractivity contribution >= 4 is 15.7 Å². The van der Waals surface area contributed by atoms with E-state index in [1.165, 1.54) is 24.3 Å². The molecule has 0 spiro atoms. The largest absolute Gasteiger partial charge is 0.416 e. The number of hydrogen-bond acceptors (Lipinski definition) is 2. The maximum absolute atomic E-state index is 14.0. The molecule has 118 valence electrons. The highest BCUT2D eigenvalue weighted by Crippen LogP contribution is 2.33. The molecule has 2 rings (SSSR count). The van der Waals surface area contributed by atoms with Crippen LogP contribution < -0.4 is 4.72 Å². The number of alkyl halides is 3. The molecular formula is C14H11F4NO2S. The number of benzene rings is 2. The minimum atomic E-state index is -4.52. The van der Waals surface area contributed by atoms with Crippen LogP contribution in [0.2, 0.25) is 0 Å². The first-order chi connectivity index (χ1) is 10.1. The van der Waals surface area contributed by atoms with E-state index in [1.807, 2.05) is 0 Å².